The van der Waals surface area contributed by atoms with E-state index in [0.29, 0.717) is 25.3 Å². The SMILES string of the molecule is CC(C)N1CC(OCCN)C1. The van der Waals surface area contributed by atoms with E-state index in [4.69, 9.17) is 10.5 Å². The molecule has 1 heterocycles. The molecule has 3 heteroatoms. The highest BCUT2D eigenvalue weighted by Crippen LogP contribution is 2.14. The van der Waals surface area contributed by atoms with Crippen molar-refractivity contribution in [2.24, 2.45) is 5.73 Å². The largest absolute Gasteiger partial charge is 0.374 e. The van der Waals surface area contributed by atoms with Gasteiger partial charge in [-0.1, -0.05) is 0 Å². The van der Waals surface area contributed by atoms with Crippen LogP contribution in [0.25, 0.3) is 0 Å². The van der Waals surface area contributed by atoms with E-state index in [0.717, 1.165) is 13.1 Å². The van der Waals surface area contributed by atoms with Crippen molar-refractivity contribution in [3.05, 3.63) is 0 Å². The highest BCUT2D eigenvalue weighted by atomic mass is 16.5. The zero-order valence-electron chi connectivity index (χ0n) is 7.42. The zero-order valence-corrected chi connectivity index (χ0v) is 7.42. The van der Waals surface area contributed by atoms with Crippen molar-refractivity contribution in [1.82, 2.24) is 4.90 Å². The van der Waals surface area contributed by atoms with Gasteiger partial charge < -0.3 is 10.5 Å². The van der Waals surface area contributed by atoms with Gasteiger partial charge in [0.25, 0.3) is 0 Å². The van der Waals surface area contributed by atoms with Crippen LogP contribution in [0, 0.1) is 0 Å². The van der Waals surface area contributed by atoms with Gasteiger partial charge in [0.05, 0.1) is 12.7 Å². The van der Waals surface area contributed by atoms with Gasteiger partial charge in [0.2, 0.25) is 0 Å². The average molecular weight is 158 g/mol. The van der Waals surface area contributed by atoms with E-state index in [1.165, 1.54) is 0 Å². The Kier molecular flexibility index (Phi) is 3.30. The van der Waals surface area contributed by atoms with Gasteiger partial charge in [-0.25, -0.2) is 0 Å². The lowest BCUT2D eigenvalue weighted by Gasteiger charge is -2.41. The number of hydrogen-bond acceptors (Lipinski definition) is 3. The Morgan fingerprint density at radius 2 is 2.18 bits per heavy atom. The molecule has 1 rings (SSSR count). The quantitative estimate of drug-likeness (QED) is 0.628. The number of ether oxygens (including phenoxy) is 1. The normalized spacial score (nSPS) is 20.7. The predicted molar refractivity (Wildman–Crippen MR) is 45.5 cm³/mol. The minimum absolute atomic E-state index is 0.445. The molecule has 0 unspecified atom stereocenters. The monoisotopic (exact) mass is 158 g/mol. The third kappa shape index (κ3) is 2.43. The fourth-order valence-electron chi connectivity index (χ4n) is 1.23. The first kappa shape index (κ1) is 8.97. The van der Waals surface area contributed by atoms with E-state index in [-0.39, 0.29) is 0 Å². The van der Waals surface area contributed by atoms with Crippen LogP contribution in [0.15, 0.2) is 0 Å². The van der Waals surface area contributed by atoms with Crippen molar-refractivity contribution in [2.45, 2.75) is 26.0 Å². The van der Waals surface area contributed by atoms with E-state index in [9.17, 15) is 0 Å². The van der Waals surface area contributed by atoms with Crippen LogP contribution in [-0.2, 0) is 4.74 Å². The lowest BCUT2D eigenvalue weighted by atomic mass is 10.1. The molecule has 0 saturated carbocycles. The summed E-state index contributed by atoms with van der Waals surface area (Å²) in [5, 5.41) is 0. The maximum Gasteiger partial charge on any atom is 0.0829 e. The number of nitrogens with two attached hydrogens (primary N) is 1. The molecule has 66 valence electrons. The third-order valence-corrected chi connectivity index (χ3v) is 2.08. The molecule has 2 N–H and O–H groups in total. The fourth-order valence-corrected chi connectivity index (χ4v) is 1.23. The first-order chi connectivity index (χ1) is 5.24. The Morgan fingerprint density at radius 3 is 2.64 bits per heavy atom. The van der Waals surface area contributed by atoms with Crippen molar-refractivity contribution in [1.29, 1.82) is 0 Å². The number of likely N-dealkylation sites (tertiary alicyclic amines) is 1. The molecule has 3 nitrogen and oxygen atoms in total. The van der Waals surface area contributed by atoms with Crippen molar-refractivity contribution >= 4 is 0 Å². The minimum Gasteiger partial charge on any atom is -0.374 e. The molecular weight excluding hydrogens is 140 g/mol. The molecular formula is C8H18N2O. The summed E-state index contributed by atoms with van der Waals surface area (Å²) < 4.78 is 5.44. The Morgan fingerprint density at radius 1 is 1.55 bits per heavy atom. The van der Waals surface area contributed by atoms with Crippen molar-refractivity contribution in [2.75, 3.05) is 26.2 Å². The maximum absolute atomic E-state index is 5.44. The van der Waals surface area contributed by atoms with Crippen LogP contribution >= 0.6 is 0 Å². The summed E-state index contributed by atoms with van der Waals surface area (Å²) in [5.41, 5.74) is 5.31. The maximum atomic E-state index is 5.44. The molecule has 11 heavy (non-hydrogen) atoms. The van der Waals surface area contributed by atoms with Gasteiger partial charge in [0.1, 0.15) is 0 Å². The highest BCUT2D eigenvalue weighted by molar-refractivity contribution is 4.82. The molecule has 0 atom stereocenters. The van der Waals surface area contributed by atoms with Crippen LogP contribution in [0.3, 0.4) is 0 Å². The van der Waals surface area contributed by atoms with E-state index in [1.807, 2.05) is 0 Å². The molecule has 0 spiro atoms. The lowest BCUT2D eigenvalue weighted by Crippen LogP contribution is -2.55. The number of rotatable bonds is 4. The van der Waals surface area contributed by atoms with Gasteiger partial charge in [0.15, 0.2) is 0 Å². The van der Waals surface area contributed by atoms with Crippen molar-refractivity contribution < 1.29 is 4.74 Å². The van der Waals surface area contributed by atoms with E-state index in [2.05, 4.69) is 18.7 Å². The molecule has 0 aromatic heterocycles. The lowest BCUT2D eigenvalue weighted by molar-refractivity contribution is -0.0636. The smallest absolute Gasteiger partial charge is 0.0829 e. The van der Waals surface area contributed by atoms with E-state index >= 15 is 0 Å². The summed E-state index contributed by atoms with van der Waals surface area (Å²) in [7, 11) is 0. The Balaban J connectivity index is 2.00. The summed E-state index contributed by atoms with van der Waals surface area (Å²) in [4.78, 5) is 2.39. The van der Waals surface area contributed by atoms with E-state index in [1.54, 1.807) is 0 Å². The van der Waals surface area contributed by atoms with E-state index < -0.39 is 0 Å². The van der Waals surface area contributed by atoms with Gasteiger partial charge in [-0.3, -0.25) is 4.90 Å². The van der Waals surface area contributed by atoms with Gasteiger partial charge >= 0.3 is 0 Å². The standard InChI is InChI=1S/C8H18N2O/c1-7(2)10-5-8(6-10)11-4-3-9/h7-8H,3-6,9H2,1-2H3. The molecule has 0 aromatic rings. The number of nitrogens with zero attached hydrogens (tertiary/aromatic N) is 1. The molecule has 0 radical (unpaired) electrons. The first-order valence-electron chi connectivity index (χ1n) is 4.29. The summed E-state index contributed by atoms with van der Waals surface area (Å²) in [6.07, 6.45) is 0.445. The van der Waals surface area contributed by atoms with Gasteiger partial charge in [0, 0.05) is 25.7 Å². The van der Waals surface area contributed by atoms with Crippen LogP contribution in [-0.4, -0.2) is 43.3 Å². The molecule has 0 aromatic carbocycles. The van der Waals surface area contributed by atoms with Crippen LogP contribution < -0.4 is 5.73 Å². The number of hydrogen-bond donors (Lipinski definition) is 1. The molecule has 1 aliphatic heterocycles. The second-order valence-electron chi connectivity index (χ2n) is 3.33. The van der Waals surface area contributed by atoms with Crippen molar-refractivity contribution in [3.8, 4) is 0 Å². The molecule has 1 saturated heterocycles. The summed E-state index contributed by atoms with van der Waals surface area (Å²) in [5.74, 6) is 0. The van der Waals surface area contributed by atoms with Gasteiger partial charge in [-0.2, -0.15) is 0 Å². The van der Waals surface area contributed by atoms with Crippen LogP contribution in [0.4, 0.5) is 0 Å². The molecule has 1 aliphatic rings. The first-order valence-corrected chi connectivity index (χ1v) is 4.29. The van der Waals surface area contributed by atoms with Crippen LogP contribution in [0.5, 0.6) is 0 Å². The average Bonchev–Trinajstić information content (AvgIpc) is 1.84. The second-order valence-corrected chi connectivity index (χ2v) is 3.33. The Hall–Kier alpha value is -0.120. The minimum atomic E-state index is 0.445. The predicted octanol–water partition coefficient (Wildman–Crippen LogP) is 0.0543. The van der Waals surface area contributed by atoms with Gasteiger partial charge in [-0.05, 0) is 13.8 Å². The highest BCUT2D eigenvalue weighted by Gasteiger charge is 2.28. The fraction of sp³-hybridized carbons (Fsp3) is 1.00. The molecule has 0 aliphatic carbocycles. The summed E-state index contributed by atoms with van der Waals surface area (Å²) in [6, 6.07) is 0.660. The van der Waals surface area contributed by atoms with Gasteiger partial charge in [-0.15, -0.1) is 0 Å². The third-order valence-electron chi connectivity index (χ3n) is 2.08. The summed E-state index contributed by atoms with van der Waals surface area (Å²) in [6.45, 7) is 7.92. The zero-order chi connectivity index (χ0) is 8.27. The van der Waals surface area contributed by atoms with Crippen LogP contribution in [0.2, 0.25) is 0 Å². The Labute approximate surface area is 68.5 Å². The van der Waals surface area contributed by atoms with Crippen molar-refractivity contribution in [3.63, 3.8) is 0 Å². The molecule has 0 amide bonds. The Bertz CT molecular complexity index is 111. The molecule has 1 fully saturated rings. The topological polar surface area (TPSA) is 38.5 Å². The second kappa shape index (κ2) is 4.04. The molecule has 0 bridgehead atoms. The van der Waals surface area contributed by atoms with Crippen LogP contribution in [0.1, 0.15) is 13.8 Å². The summed E-state index contributed by atoms with van der Waals surface area (Å²) >= 11 is 0.